The Bertz CT molecular complexity index is 907. The number of hydrogen-bond acceptors (Lipinski definition) is 7. The van der Waals surface area contributed by atoms with Crippen LogP contribution in [0.2, 0.25) is 0 Å². The molecule has 0 saturated carbocycles. The van der Waals surface area contributed by atoms with Crippen molar-refractivity contribution in [1.29, 1.82) is 0 Å². The third kappa shape index (κ3) is 4.36. The first-order valence-electron chi connectivity index (χ1n) is 9.45. The fraction of sp³-hybridized carbons (Fsp3) is 0.450. The maximum Gasteiger partial charge on any atom is 0.494 e. The van der Waals surface area contributed by atoms with Gasteiger partial charge in [-0.15, -0.1) is 0 Å². The zero-order chi connectivity index (χ0) is 21.4. The lowest BCUT2D eigenvalue weighted by Crippen LogP contribution is -2.41. The van der Waals surface area contributed by atoms with Crippen LogP contribution in [0.25, 0.3) is 0 Å². The third-order valence-electron chi connectivity index (χ3n) is 5.18. The van der Waals surface area contributed by atoms with Crippen LogP contribution in [-0.2, 0) is 14.0 Å². The molecule has 0 bridgehead atoms. The first kappa shape index (κ1) is 21.5. The van der Waals surface area contributed by atoms with Gasteiger partial charge >= 0.3 is 13.1 Å². The summed E-state index contributed by atoms with van der Waals surface area (Å²) in [6.07, 6.45) is 0. The minimum absolute atomic E-state index is 0.285. The van der Waals surface area contributed by atoms with Crippen LogP contribution in [0.15, 0.2) is 24.3 Å². The summed E-state index contributed by atoms with van der Waals surface area (Å²) in [5.41, 5.74) is 0.991. The monoisotopic (exact) mass is 416 g/mol. The van der Waals surface area contributed by atoms with E-state index in [1.165, 1.54) is 0 Å². The minimum Gasteiger partial charge on any atom is -0.462 e. The van der Waals surface area contributed by atoms with E-state index in [1.54, 1.807) is 26.0 Å². The van der Waals surface area contributed by atoms with Crippen molar-refractivity contribution < 1.29 is 23.6 Å². The summed E-state index contributed by atoms with van der Waals surface area (Å²) < 4.78 is 17.1. The zero-order valence-corrected chi connectivity index (χ0v) is 18.3. The number of rotatable bonds is 5. The largest absolute Gasteiger partial charge is 0.494 e. The van der Waals surface area contributed by atoms with E-state index in [4.69, 9.17) is 14.0 Å². The van der Waals surface area contributed by atoms with Crippen LogP contribution in [-0.4, -0.2) is 41.8 Å². The maximum absolute atomic E-state index is 12.5. The van der Waals surface area contributed by atoms with Gasteiger partial charge in [-0.05, 0) is 59.1 Å². The molecular formula is C20H25BN2O5S. The molecule has 1 aromatic carbocycles. The number of nitrogens with zero attached hydrogens (tertiary/aromatic N) is 1. The number of aromatic nitrogens is 1. The molecule has 0 unspecified atom stereocenters. The molecule has 1 N–H and O–H groups in total. The van der Waals surface area contributed by atoms with E-state index in [2.05, 4.69) is 10.3 Å². The normalized spacial score (nSPS) is 17.2. The van der Waals surface area contributed by atoms with E-state index in [0.717, 1.165) is 16.8 Å². The highest BCUT2D eigenvalue weighted by Crippen LogP contribution is 2.36. The summed E-state index contributed by atoms with van der Waals surface area (Å²) in [5, 5.41) is 3.08. The number of carbonyl (C=O) groups excluding carboxylic acids is 2. The van der Waals surface area contributed by atoms with Gasteiger partial charge in [0.2, 0.25) is 0 Å². The van der Waals surface area contributed by atoms with Gasteiger partial charge in [-0.1, -0.05) is 23.5 Å². The van der Waals surface area contributed by atoms with Crippen molar-refractivity contribution in [2.24, 2.45) is 0 Å². The highest BCUT2D eigenvalue weighted by Gasteiger charge is 2.51. The molecule has 0 spiro atoms. The molecule has 1 fully saturated rings. The van der Waals surface area contributed by atoms with Crippen LogP contribution in [0.5, 0.6) is 0 Å². The van der Waals surface area contributed by atoms with Crippen molar-refractivity contribution in [3.8, 4) is 0 Å². The summed E-state index contributed by atoms with van der Waals surface area (Å²) in [6, 6.07) is 7.05. The van der Waals surface area contributed by atoms with Crippen LogP contribution in [0.4, 0.5) is 5.13 Å². The number of hydrogen-bond donors (Lipinski definition) is 1. The fourth-order valence-corrected chi connectivity index (χ4v) is 3.63. The van der Waals surface area contributed by atoms with Gasteiger partial charge in [0, 0.05) is 5.56 Å². The Labute approximate surface area is 174 Å². The summed E-state index contributed by atoms with van der Waals surface area (Å²) >= 11 is 1.10. The van der Waals surface area contributed by atoms with E-state index >= 15 is 0 Å². The minimum atomic E-state index is -0.481. The lowest BCUT2D eigenvalue weighted by Gasteiger charge is -2.32. The molecule has 0 atom stereocenters. The van der Waals surface area contributed by atoms with Crippen molar-refractivity contribution in [3.63, 3.8) is 0 Å². The summed E-state index contributed by atoms with van der Waals surface area (Å²) in [4.78, 5) is 29.1. The van der Waals surface area contributed by atoms with Crippen molar-refractivity contribution in [2.75, 3.05) is 11.9 Å². The highest BCUT2D eigenvalue weighted by atomic mass is 32.1. The van der Waals surface area contributed by atoms with Gasteiger partial charge in [-0.25, -0.2) is 9.78 Å². The number of thiazole rings is 1. The van der Waals surface area contributed by atoms with Crippen LogP contribution in [0, 0.1) is 6.92 Å². The van der Waals surface area contributed by atoms with Crippen molar-refractivity contribution in [2.45, 2.75) is 52.7 Å². The Morgan fingerprint density at radius 3 is 2.28 bits per heavy atom. The van der Waals surface area contributed by atoms with Crippen LogP contribution in [0.1, 0.15) is 60.3 Å². The Kier molecular flexibility index (Phi) is 5.85. The smallest absolute Gasteiger partial charge is 0.462 e. The molecule has 29 heavy (non-hydrogen) atoms. The number of benzene rings is 1. The molecule has 1 saturated heterocycles. The zero-order valence-electron chi connectivity index (χ0n) is 17.5. The van der Waals surface area contributed by atoms with E-state index in [9.17, 15) is 9.59 Å². The van der Waals surface area contributed by atoms with Crippen LogP contribution < -0.4 is 10.8 Å². The van der Waals surface area contributed by atoms with Crippen LogP contribution >= 0.6 is 11.3 Å². The predicted octanol–water partition coefficient (Wildman–Crippen LogP) is 3.18. The highest BCUT2D eigenvalue weighted by molar-refractivity contribution is 7.17. The van der Waals surface area contributed by atoms with Gasteiger partial charge < -0.3 is 14.0 Å². The Morgan fingerprint density at radius 2 is 1.72 bits per heavy atom. The molecule has 2 aromatic rings. The molecule has 1 aromatic heterocycles. The molecule has 1 aliphatic rings. The van der Waals surface area contributed by atoms with Gasteiger partial charge in [-0.2, -0.15) is 0 Å². The van der Waals surface area contributed by atoms with Gasteiger partial charge in [0.05, 0.1) is 23.5 Å². The van der Waals surface area contributed by atoms with Gasteiger partial charge in [0.1, 0.15) is 4.88 Å². The SMILES string of the molecule is CCOC(=O)c1sc(NC(=O)c2ccc(B3OC(C)(C)C(C)(C)O3)cc2)nc1C. The molecule has 9 heteroatoms. The number of amides is 1. The number of anilines is 1. The first-order chi connectivity index (χ1) is 13.5. The number of ether oxygens (including phenoxy) is 1. The van der Waals surface area contributed by atoms with Crippen molar-refractivity contribution in [1.82, 2.24) is 4.98 Å². The summed E-state index contributed by atoms with van der Waals surface area (Å²) in [7, 11) is -0.481. The number of esters is 1. The molecule has 2 heterocycles. The second-order valence-corrected chi connectivity index (χ2v) is 8.82. The lowest BCUT2D eigenvalue weighted by molar-refractivity contribution is 0.00578. The van der Waals surface area contributed by atoms with E-state index in [0.29, 0.717) is 21.3 Å². The first-order valence-corrected chi connectivity index (χ1v) is 10.3. The average molecular weight is 416 g/mol. The number of carbonyl (C=O) groups is 2. The molecular weight excluding hydrogens is 391 g/mol. The standard InChI is InChI=1S/C20H25BN2O5S/c1-7-26-17(25)15-12(2)22-18(29-15)23-16(24)13-8-10-14(11-9-13)21-27-19(3,4)20(5,6)28-21/h8-11H,7H2,1-6H3,(H,22,23,24). The summed E-state index contributed by atoms with van der Waals surface area (Å²) in [5.74, 6) is -0.746. The Morgan fingerprint density at radius 1 is 1.14 bits per heavy atom. The van der Waals surface area contributed by atoms with Gasteiger partial charge in [-0.3, -0.25) is 10.1 Å². The lowest BCUT2D eigenvalue weighted by atomic mass is 9.79. The quantitative estimate of drug-likeness (QED) is 0.595. The second-order valence-electron chi connectivity index (χ2n) is 7.82. The van der Waals surface area contributed by atoms with E-state index in [1.807, 2.05) is 39.8 Å². The average Bonchev–Trinajstić information content (AvgIpc) is 3.11. The van der Waals surface area contributed by atoms with Gasteiger partial charge in [0.25, 0.3) is 5.91 Å². The summed E-state index contributed by atoms with van der Waals surface area (Å²) in [6.45, 7) is 11.7. The topological polar surface area (TPSA) is 86.8 Å². The Balaban J connectivity index is 1.69. The number of aryl methyl sites for hydroxylation is 1. The predicted molar refractivity (Wildman–Crippen MR) is 113 cm³/mol. The Hall–Kier alpha value is -2.23. The maximum atomic E-state index is 12.5. The molecule has 154 valence electrons. The molecule has 7 nitrogen and oxygen atoms in total. The molecule has 1 aliphatic heterocycles. The van der Waals surface area contributed by atoms with E-state index < -0.39 is 24.3 Å². The second kappa shape index (κ2) is 7.89. The fourth-order valence-electron chi connectivity index (χ4n) is 2.78. The number of nitrogens with one attached hydrogen (secondary N) is 1. The molecule has 0 aliphatic carbocycles. The third-order valence-corrected chi connectivity index (χ3v) is 6.23. The van der Waals surface area contributed by atoms with E-state index in [-0.39, 0.29) is 12.5 Å². The van der Waals surface area contributed by atoms with Crippen molar-refractivity contribution in [3.05, 3.63) is 40.4 Å². The van der Waals surface area contributed by atoms with Gasteiger partial charge in [0.15, 0.2) is 5.13 Å². The molecule has 0 radical (unpaired) electrons. The van der Waals surface area contributed by atoms with Crippen LogP contribution in [0.3, 0.4) is 0 Å². The molecule has 3 rings (SSSR count). The molecule has 1 amide bonds. The van der Waals surface area contributed by atoms with Crippen molar-refractivity contribution >= 4 is 40.9 Å².